The van der Waals surface area contributed by atoms with Gasteiger partial charge in [-0.3, -0.25) is 11.5 Å². The summed E-state index contributed by atoms with van der Waals surface area (Å²) < 4.78 is 0. The second-order valence-electron chi connectivity index (χ2n) is 3.46. The van der Waals surface area contributed by atoms with Crippen molar-refractivity contribution in [2.45, 2.75) is 13.2 Å². The molecule has 0 aliphatic rings. The molecule has 5 N–H and O–H groups in total. The molecule has 84 valence electrons. The number of hydrogen-bond acceptors (Lipinski definition) is 5. The van der Waals surface area contributed by atoms with E-state index in [2.05, 4.69) is 15.3 Å². The molecule has 0 atom stereocenters. The van der Waals surface area contributed by atoms with E-state index in [0.717, 1.165) is 16.6 Å². The lowest BCUT2D eigenvalue weighted by molar-refractivity contribution is 0.792. The maximum Gasteiger partial charge on any atom is 0.225 e. The Labute approximate surface area is 97.8 Å². The Morgan fingerprint density at radius 2 is 2.06 bits per heavy atom. The van der Waals surface area contributed by atoms with Crippen molar-refractivity contribution in [3.63, 3.8) is 0 Å². The molecule has 6 heteroatoms. The van der Waals surface area contributed by atoms with Gasteiger partial charge < -0.3 is 5.32 Å². The minimum absolute atomic E-state index is 0.405. The van der Waals surface area contributed by atoms with E-state index in [1.54, 1.807) is 6.07 Å². The highest BCUT2D eigenvalue weighted by molar-refractivity contribution is 6.31. The predicted octanol–water partition coefficient (Wildman–Crippen LogP) is 1.20. The third kappa shape index (κ3) is 2.21. The zero-order valence-electron chi connectivity index (χ0n) is 8.74. The largest absolute Gasteiger partial charge is 0.327 e. The average Bonchev–Trinajstić information content (AvgIpc) is 2.15. The SMILES string of the molecule is Cc1nc(NC(N)N)nc2cc(Cl)ccc12. The number of aryl methyl sites for hydroxylation is 1. The highest BCUT2D eigenvalue weighted by Gasteiger charge is 2.05. The molecule has 1 heterocycles. The molecule has 0 amide bonds. The summed E-state index contributed by atoms with van der Waals surface area (Å²) in [5.41, 5.74) is 12.4. The first-order valence-corrected chi connectivity index (χ1v) is 5.15. The number of nitrogens with two attached hydrogens (primary N) is 2. The van der Waals surface area contributed by atoms with Gasteiger partial charge in [-0.2, -0.15) is 0 Å². The fraction of sp³-hybridized carbons (Fsp3) is 0.200. The second-order valence-corrected chi connectivity index (χ2v) is 3.90. The molecule has 0 aliphatic carbocycles. The number of fused-ring (bicyclic) bond motifs is 1. The van der Waals surface area contributed by atoms with E-state index >= 15 is 0 Å². The van der Waals surface area contributed by atoms with Crippen molar-refractivity contribution in [3.8, 4) is 0 Å². The van der Waals surface area contributed by atoms with Crippen molar-refractivity contribution >= 4 is 28.5 Å². The molecule has 2 rings (SSSR count). The lowest BCUT2D eigenvalue weighted by Crippen LogP contribution is -2.39. The van der Waals surface area contributed by atoms with Gasteiger partial charge in [-0.05, 0) is 25.1 Å². The van der Waals surface area contributed by atoms with Gasteiger partial charge in [0, 0.05) is 10.4 Å². The molecule has 2 aromatic rings. The van der Waals surface area contributed by atoms with Crippen molar-refractivity contribution in [3.05, 3.63) is 28.9 Å². The minimum atomic E-state index is -0.684. The van der Waals surface area contributed by atoms with Crippen molar-refractivity contribution in [2.24, 2.45) is 11.5 Å². The van der Waals surface area contributed by atoms with Crippen molar-refractivity contribution in [2.75, 3.05) is 5.32 Å². The highest BCUT2D eigenvalue weighted by atomic mass is 35.5. The Morgan fingerprint density at radius 1 is 1.31 bits per heavy atom. The van der Waals surface area contributed by atoms with E-state index in [1.807, 2.05) is 19.1 Å². The van der Waals surface area contributed by atoms with Gasteiger partial charge in [-0.15, -0.1) is 0 Å². The zero-order valence-corrected chi connectivity index (χ0v) is 9.49. The summed E-state index contributed by atoms with van der Waals surface area (Å²) in [7, 11) is 0. The summed E-state index contributed by atoms with van der Waals surface area (Å²) >= 11 is 5.90. The smallest absolute Gasteiger partial charge is 0.225 e. The summed E-state index contributed by atoms with van der Waals surface area (Å²) in [5, 5.41) is 4.34. The highest BCUT2D eigenvalue weighted by Crippen LogP contribution is 2.20. The Morgan fingerprint density at radius 3 is 2.75 bits per heavy atom. The lowest BCUT2D eigenvalue weighted by Gasteiger charge is -2.10. The predicted molar refractivity (Wildman–Crippen MR) is 65.1 cm³/mol. The molecule has 0 radical (unpaired) electrons. The second kappa shape index (κ2) is 4.21. The molecule has 0 saturated carbocycles. The van der Waals surface area contributed by atoms with Gasteiger partial charge in [-0.1, -0.05) is 11.6 Å². The van der Waals surface area contributed by atoms with Gasteiger partial charge in [0.05, 0.1) is 11.2 Å². The van der Waals surface area contributed by atoms with Crippen LogP contribution in [0, 0.1) is 6.92 Å². The van der Waals surface area contributed by atoms with Crippen LogP contribution in [0.5, 0.6) is 0 Å². The third-order valence-electron chi connectivity index (χ3n) is 2.15. The fourth-order valence-corrected chi connectivity index (χ4v) is 1.64. The molecular formula is C10H12ClN5. The first kappa shape index (κ1) is 11.1. The molecule has 0 saturated heterocycles. The molecule has 0 unspecified atom stereocenters. The summed E-state index contributed by atoms with van der Waals surface area (Å²) in [6.07, 6.45) is -0.684. The third-order valence-corrected chi connectivity index (χ3v) is 2.38. The van der Waals surface area contributed by atoms with Crippen LogP contribution in [0.4, 0.5) is 5.95 Å². The standard InChI is InChI=1S/C10H12ClN5/c1-5-7-3-2-6(11)4-8(7)15-10(14-5)16-9(12)13/h2-4,9H,12-13H2,1H3,(H,14,15,16). The molecule has 1 aromatic heterocycles. The van der Waals surface area contributed by atoms with E-state index in [0.29, 0.717) is 11.0 Å². The van der Waals surface area contributed by atoms with Crippen molar-refractivity contribution in [1.29, 1.82) is 0 Å². The number of halogens is 1. The Bertz CT molecular complexity index is 526. The number of benzene rings is 1. The van der Waals surface area contributed by atoms with Crippen molar-refractivity contribution < 1.29 is 0 Å². The first-order valence-electron chi connectivity index (χ1n) is 4.78. The number of aromatic nitrogens is 2. The topological polar surface area (TPSA) is 89.8 Å². The van der Waals surface area contributed by atoms with Gasteiger partial charge in [0.1, 0.15) is 6.29 Å². The average molecular weight is 238 g/mol. The van der Waals surface area contributed by atoms with Crippen LogP contribution in [0.2, 0.25) is 5.02 Å². The Balaban J connectivity index is 2.56. The van der Waals surface area contributed by atoms with Gasteiger partial charge >= 0.3 is 0 Å². The maximum absolute atomic E-state index is 5.90. The molecule has 0 spiro atoms. The molecule has 0 aliphatic heterocycles. The van der Waals surface area contributed by atoms with E-state index in [1.165, 1.54) is 0 Å². The molecule has 1 aromatic carbocycles. The van der Waals surface area contributed by atoms with Gasteiger partial charge in [-0.25, -0.2) is 9.97 Å². The van der Waals surface area contributed by atoms with E-state index in [9.17, 15) is 0 Å². The quantitative estimate of drug-likeness (QED) is 0.683. The maximum atomic E-state index is 5.90. The van der Waals surface area contributed by atoms with Gasteiger partial charge in [0.2, 0.25) is 5.95 Å². The van der Waals surface area contributed by atoms with E-state index in [4.69, 9.17) is 23.1 Å². The lowest BCUT2D eigenvalue weighted by atomic mass is 10.2. The van der Waals surface area contributed by atoms with Crippen LogP contribution >= 0.6 is 11.6 Å². The molecular weight excluding hydrogens is 226 g/mol. The van der Waals surface area contributed by atoms with Crippen LogP contribution in [-0.4, -0.2) is 16.3 Å². The van der Waals surface area contributed by atoms with Gasteiger partial charge in [0.25, 0.3) is 0 Å². The number of anilines is 1. The molecule has 16 heavy (non-hydrogen) atoms. The van der Waals surface area contributed by atoms with Crippen LogP contribution < -0.4 is 16.8 Å². The Kier molecular flexibility index (Phi) is 2.91. The number of nitrogens with one attached hydrogen (secondary N) is 1. The van der Waals surface area contributed by atoms with E-state index < -0.39 is 6.29 Å². The van der Waals surface area contributed by atoms with Crippen LogP contribution in [0.3, 0.4) is 0 Å². The zero-order chi connectivity index (χ0) is 11.7. The summed E-state index contributed by atoms with van der Waals surface area (Å²) in [6.45, 7) is 1.89. The van der Waals surface area contributed by atoms with Crippen LogP contribution in [0.1, 0.15) is 5.69 Å². The van der Waals surface area contributed by atoms with Gasteiger partial charge in [0.15, 0.2) is 0 Å². The minimum Gasteiger partial charge on any atom is -0.327 e. The van der Waals surface area contributed by atoms with Crippen molar-refractivity contribution in [1.82, 2.24) is 9.97 Å². The van der Waals surface area contributed by atoms with Crippen LogP contribution in [0.25, 0.3) is 10.9 Å². The van der Waals surface area contributed by atoms with Crippen LogP contribution in [-0.2, 0) is 0 Å². The van der Waals surface area contributed by atoms with E-state index in [-0.39, 0.29) is 0 Å². The number of rotatable bonds is 2. The summed E-state index contributed by atoms with van der Waals surface area (Å²) in [4.78, 5) is 8.52. The molecule has 0 bridgehead atoms. The summed E-state index contributed by atoms with van der Waals surface area (Å²) in [6, 6.07) is 5.47. The number of hydrogen-bond donors (Lipinski definition) is 3. The normalized spacial score (nSPS) is 11.1. The first-order chi connectivity index (χ1) is 7.56. The van der Waals surface area contributed by atoms with Crippen LogP contribution in [0.15, 0.2) is 18.2 Å². The monoisotopic (exact) mass is 237 g/mol. The fourth-order valence-electron chi connectivity index (χ4n) is 1.48. The number of nitrogens with zero attached hydrogens (tertiary/aromatic N) is 2. The molecule has 5 nitrogen and oxygen atoms in total. The molecule has 0 fully saturated rings. The summed E-state index contributed by atoms with van der Waals surface area (Å²) in [5.74, 6) is 0.405. The Hall–Kier alpha value is -1.43.